The molecule has 0 saturated carbocycles. The van der Waals surface area contributed by atoms with Gasteiger partial charge >= 0.3 is 0 Å². The van der Waals surface area contributed by atoms with Crippen molar-refractivity contribution in [3.05, 3.63) is 77.2 Å². The van der Waals surface area contributed by atoms with Gasteiger partial charge in [0, 0.05) is 35.3 Å². The Morgan fingerprint density at radius 3 is 2.90 bits per heavy atom. The van der Waals surface area contributed by atoms with Crippen LogP contribution in [-0.4, -0.2) is 28.3 Å². The lowest BCUT2D eigenvalue weighted by Crippen LogP contribution is -2.23. The fourth-order valence-electron chi connectivity index (χ4n) is 2.38. The number of carbonyl (C=O) groups is 1. The molecule has 3 N–H and O–H groups in total. The summed E-state index contributed by atoms with van der Waals surface area (Å²) in [6.07, 6.45) is 6.90. The number of carbonyl (C=O) groups excluding carboxylic acids is 1. The number of amides is 1. The SMILES string of the molecule is O=C(NC/C=C/CCl)c1ccc(F)c(NCc2cnc(Nc3ccccn3)s2)c1. The topological polar surface area (TPSA) is 78.9 Å². The molecule has 0 saturated heterocycles. The van der Waals surface area contributed by atoms with Crippen LogP contribution in [0.5, 0.6) is 0 Å². The molecular formula is C20H19ClFN5OS. The van der Waals surface area contributed by atoms with Gasteiger partial charge in [-0.2, -0.15) is 0 Å². The fraction of sp³-hybridized carbons (Fsp3) is 0.150. The van der Waals surface area contributed by atoms with Crippen molar-refractivity contribution in [2.24, 2.45) is 0 Å². The molecule has 3 aromatic rings. The molecule has 0 atom stereocenters. The first kappa shape index (κ1) is 20.8. The van der Waals surface area contributed by atoms with Gasteiger partial charge in [0.05, 0.1) is 12.2 Å². The van der Waals surface area contributed by atoms with Gasteiger partial charge in [0.1, 0.15) is 11.6 Å². The Hall–Kier alpha value is -2.97. The van der Waals surface area contributed by atoms with E-state index in [1.54, 1.807) is 24.5 Å². The lowest BCUT2D eigenvalue weighted by Gasteiger charge is -2.09. The van der Waals surface area contributed by atoms with Crippen LogP contribution >= 0.6 is 22.9 Å². The maximum absolute atomic E-state index is 14.1. The number of thiazole rings is 1. The Bertz CT molecular complexity index is 980. The average Bonchev–Trinajstić information content (AvgIpc) is 3.18. The Balaban J connectivity index is 1.59. The molecule has 2 aromatic heterocycles. The number of rotatable bonds is 9. The molecule has 0 spiro atoms. The number of nitrogens with zero attached hydrogens (tertiary/aromatic N) is 2. The highest BCUT2D eigenvalue weighted by Gasteiger charge is 2.10. The van der Waals surface area contributed by atoms with Crippen molar-refractivity contribution >= 4 is 45.5 Å². The summed E-state index contributed by atoms with van der Waals surface area (Å²) in [6, 6.07) is 9.77. The van der Waals surface area contributed by atoms with E-state index in [1.165, 1.54) is 29.5 Å². The summed E-state index contributed by atoms with van der Waals surface area (Å²) >= 11 is 6.97. The monoisotopic (exact) mass is 431 g/mol. The summed E-state index contributed by atoms with van der Waals surface area (Å²) in [5.41, 5.74) is 0.622. The van der Waals surface area contributed by atoms with Gasteiger partial charge in [-0.15, -0.1) is 11.6 Å². The van der Waals surface area contributed by atoms with E-state index in [0.717, 1.165) is 4.88 Å². The zero-order chi connectivity index (χ0) is 20.5. The van der Waals surface area contributed by atoms with Crippen molar-refractivity contribution in [1.29, 1.82) is 0 Å². The molecule has 2 heterocycles. The van der Waals surface area contributed by atoms with E-state index in [2.05, 4.69) is 25.9 Å². The third kappa shape index (κ3) is 6.27. The first-order valence-corrected chi connectivity index (χ1v) is 10.2. The number of hydrogen-bond donors (Lipinski definition) is 3. The van der Waals surface area contributed by atoms with Crippen LogP contribution in [0, 0.1) is 5.82 Å². The molecule has 6 nitrogen and oxygen atoms in total. The Labute approximate surface area is 176 Å². The minimum absolute atomic E-state index is 0.251. The van der Waals surface area contributed by atoms with Gasteiger partial charge in [-0.05, 0) is 30.3 Å². The van der Waals surface area contributed by atoms with E-state index < -0.39 is 5.82 Å². The molecule has 3 rings (SSSR count). The molecule has 29 heavy (non-hydrogen) atoms. The molecule has 0 bridgehead atoms. The highest BCUT2D eigenvalue weighted by atomic mass is 35.5. The number of aromatic nitrogens is 2. The fourth-order valence-corrected chi connectivity index (χ4v) is 3.26. The lowest BCUT2D eigenvalue weighted by atomic mass is 10.1. The van der Waals surface area contributed by atoms with Crippen molar-refractivity contribution in [1.82, 2.24) is 15.3 Å². The van der Waals surface area contributed by atoms with Gasteiger partial charge in [0.2, 0.25) is 0 Å². The van der Waals surface area contributed by atoms with Gasteiger partial charge < -0.3 is 16.0 Å². The van der Waals surface area contributed by atoms with Crippen LogP contribution in [0.4, 0.5) is 21.0 Å². The van der Waals surface area contributed by atoms with Crippen LogP contribution in [0.2, 0.25) is 0 Å². The molecule has 0 radical (unpaired) electrons. The number of benzene rings is 1. The van der Waals surface area contributed by atoms with E-state index in [9.17, 15) is 9.18 Å². The van der Waals surface area contributed by atoms with Crippen molar-refractivity contribution in [3.8, 4) is 0 Å². The van der Waals surface area contributed by atoms with Gasteiger partial charge in [0.15, 0.2) is 5.13 Å². The van der Waals surface area contributed by atoms with Gasteiger partial charge in [-0.25, -0.2) is 14.4 Å². The first-order chi connectivity index (χ1) is 14.2. The smallest absolute Gasteiger partial charge is 0.251 e. The Morgan fingerprint density at radius 2 is 2.10 bits per heavy atom. The van der Waals surface area contributed by atoms with Crippen LogP contribution < -0.4 is 16.0 Å². The van der Waals surface area contributed by atoms with E-state index in [-0.39, 0.29) is 11.6 Å². The zero-order valence-electron chi connectivity index (χ0n) is 15.4. The van der Waals surface area contributed by atoms with Crippen LogP contribution in [0.25, 0.3) is 0 Å². The number of nitrogens with one attached hydrogen (secondary N) is 3. The van der Waals surface area contributed by atoms with Crippen molar-refractivity contribution in [2.45, 2.75) is 6.54 Å². The summed E-state index contributed by atoms with van der Waals surface area (Å²) in [7, 11) is 0. The third-order valence-electron chi connectivity index (χ3n) is 3.77. The van der Waals surface area contributed by atoms with Crippen molar-refractivity contribution < 1.29 is 9.18 Å². The lowest BCUT2D eigenvalue weighted by molar-refractivity contribution is 0.0958. The first-order valence-electron chi connectivity index (χ1n) is 8.81. The number of hydrogen-bond acceptors (Lipinski definition) is 6. The molecule has 0 fully saturated rings. The zero-order valence-corrected chi connectivity index (χ0v) is 16.9. The molecule has 0 aliphatic heterocycles. The summed E-state index contributed by atoms with van der Waals surface area (Å²) in [6.45, 7) is 0.737. The van der Waals surface area contributed by atoms with Gasteiger partial charge in [-0.3, -0.25) is 4.79 Å². The molecular weight excluding hydrogens is 413 g/mol. The highest BCUT2D eigenvalue weighted by molar-refractivity contribution is 7.15. The van der Waals surface area contributed by atoms with Crippen LogP contribution in [-0.2, 0) is 6.54 Å². The Kier molecular flexibility index (Phi) is 7.54. The predicted octanol–water partition coefficient (Wildman–Crippen LogP) is 4.56. The van der Waals surface area contributed by atoms with Crippen LogP contribution in [0.3, 0.4) is 0 Å². The minimum Gasteiger partial charge on any atom is -0.378 e. The third-order valence-corrected chi connectivity index (χ3v) is 4.86. The second-order valence-corrected chi connectivity index (χ2v) is 7.28. The standard InChI is InChI=1S/C20H19ClFN5OS/c21-8-2-4-10-24-19(28)14-6-7-16(22)17(11-14)25-12-15-13-26-20(29-15)27-18-5-1-3-9-23-18/h1-7,9,11,13,25H,8,10,12H2,(H,24,28)(H,23,26,27)/b4-2+. The quantitative estimate of drug-likeness (QED) is 0.342. The van der Waals surface area contributed by atoms with E-state index in [1.807, 2.05) is 18.2 Å². The molecule has 9 heteroatoms. The maximum Gasteiger partial charge on any atom is 0.251 e. The van der Waals surface area contributed by atoms with Crippen LogP contribution in [0.1, 0.15) is 15.2 Å². The second-order valence-electron chi connectivity index (χ2n) is 5.86. The maximum atomic E-state index is 14.1. The predicted molar refractivity (Wildman–Crippen MR) is 116 cm³/mol. The number of anilines is 3. The van der Waals surface area contributed by atoms with E-state index in [0.29, 0.717) is 35.5 Å². The molecule has 1 aromatic carbocycles. The Morgan fingerprint density at radius 1 is 1.21 bits per heavy atom. The molecule has 1 amide bonds. The van der Waals surface area contributed by atoms with Crippen molar-refractivity contribution in [3.63, 3.8) is 0 Å². The molecule has 0 aliphatic carbocycles. The number of halogens is 2. The normalized spacial score (nSPS) is 10.8. The number of pyridine rings is 1. The van der Waals surface area contributed by atoms with Crippen LogP contribution in [0.15, 0.2) is 60.9 Å². The van der Waals surface area contributed by atoms with Gasteiger partial charge in [-0.1, -0.05) is 29.6 Å². The molecule has 150 valence electrons. The minimum atomic E-state index is -0.431. The second kappa shape index (κ2) is 10.5. The largest absolute Gasteiger partial charge is 0.378 e. The highest BCUT2D eigenvalue weighted by Crippen LogP contribution is 2.23. The summed E-state index contributed by atoms with van der Waals surface area (Å²) in [5.74, 6) is 0.371. The number of alkyl halides is 1. The average molecular weight is 432 g/mol. The molecule has 0 unspecified atom stereocenters. The summed E-state index contributed by atoms with van der Waals surface area (Å²) < 4.78 is 14.1. The summed E-state index contributed by atoms with van der Waals surface area (Å²) in [4.78, 5) is 21.6. The van der Waals surface area contributed by atoms with E-state index >= 15 is 0 Å². The van der Waals surface area contributed by atoms with Gasteiger partial charge in [0.25, 0.3) is 5.91 Å². The molecule has 0 aliphatic rings. The number of allylic oxidation sites excluding steroid dienone is 1. The summed E-state index contributed by atoms with van der Waals surface area (Å²) in [5, 5.41) is 9.55. The van der Waals surface area contributed by atoms with E-state index in [4.69, 9.17) is 11.6 Å². The van der Waals surface area contributed by atoms with Crippen molar-refractivity contribution in [2.75, 3.05) is 23.1 Å².